The lowest BCUT2D eigenvalue weighted by Crippen LogP contribution is -2.35. The molecule has 2 aromatic rings. The van der Waals surface area contributed by atoms with E-state index in [4.69, 9.17) is 4.42 Å². The molecule has 3 nitrogen and oxygen atoms in total. The zero-order chi connectivity index (χ0) is 13.3. The average Bonchev–Trinajstić information content (AvgIpc) is 2.85. The minimum Gasteiger partial charge on any atom is -0.443 e. The van der Waals surface area contributed by atoms with E-state index in [1.807, 2.05) is 6.07 Å². The van der Waals surface area contributed by atoms with E-state index in [-0.39, 0.29) is 0 Å². The molecule has 1 aromatic heterocycles. The molecule has 19 heavy (non-hydrogen) atoms. The van der Waals surface area contributed by atoms with Gasteiger partial charge in [0.1, 0.15) is 5.52 Å². The van der Waals surface area contributed by atoms with Gasteiger partial charge in [0, 0.05) is 12.6 Å². The molecule has 102 valence electrons. The van der Waals surface area contributed by atoms with E-state index in [0.717, 1.165) is 17.6 Å². The number of nitrogens with one attached hydrogen (secondary N) is 1. The summed E-state index contributed by atoms with van der Waals surface area (Å²) in [4.78, 5) is 4.20. The highest BCUT2D eigenvalue weighted by Gasteiger charge is 2.26. The molecule has 0 atom stereocenters. The van der Waals surface area contributed by atoms with Crippen LogP contribution in [-0.2, 0) is 6.54 Å². The molecule has 0 unspecified atom stereocenters. The van der Waals surface area contributed by atoms with E-state index in [1.54, 1.807) is 0 Å². The van der Waals surface area contributed by atoms with E-state index >= 15 is 0 Å². The molecule has 1 heterocycles. The van der Waals surface area contributed by atoms with E-state index in [1.165, 1.54) is 37.6 Å². The monoisotopic (exact) mass is 258 g/mol. The van der Waals surface area contributed by atoms with Crippen LogP contribution in [-0.4, -0.2) is 11.0 Å². The van der Waals surface area contributed by atoms with Gasteiger partial charge in [0.25, 0.3) is 0 Å². The van der Waals surface area contributed by atoms with Gasteiger partial charge in [-0.15, -0.1) is 0 Å². The van der Waals surface area contributed by atoms with Crippen molar-refractivity contribution in [3.8, 4) is 0 Å². The summed E-state index contributed by atoms with van der Waals surface area (Å²) in [7, 11) is 0. The summed E-state index contributed by atoms with van der Waals surface area (Å²) in [6.45, 7) is 5.68. The van der Waals surface area contributed by atoms with Gasteiger partial charge in [0.2, 0.25) is 0 Å². The maximum absolute atomic E-state index is 5.26. The number of aromatic nitrogens is 1. The van der Waals surface area contributed by atoms with Crippen LogP contribution >= 0.6 is 0 Å². The molecule has 0 radical (unpaired) electrons. The normalized spacial score (nSPS) is 19.9. The van der Waals surface area contributed by atoms with Gasteiger partial charge in [0.05, 0.1) is 0 Å². The first-order valence-corrected chi connectivity index (χ1v) is 7.18. The number of benzene rings is 1. The zero-order valence-corrected chi connectivity index (χ0v) is 11.8. The lowest BCUT2D eigenvalue weighted by atomic mass is 9.75. The predicted molar refractivity (Wildman–Crippen MR) is 76.9 cm³/mol. The van der Waals surface area contributed by atoms with Gasteiger partial charge in [-0.1, -0.05) is 19.9 Å². The van der Waals surface area contributed by atoms with Gasteiger partial charge in [-0.25, -0.2) is 4.98 Å². The Morgan fingerprint density at radius 3 is 2.89 bits per heavy atom. The average molecular weight is 258 g/mol. The molecule has 0 aliphatic heterocycles. The van der Waals surface area contributed by atoms with Crippen molar-refractivity contribution in [1.82, 2.24) is 10.3 Å². The van der Waals surface area contributed by atoms with Gasteiger partial charge in [0.15, 0.2) is 12.0 Å². The second-order valence-corrected chi connectivity index (χ2v) is 6.47. The number of hydrogen-bond donors (Lipinski definition) is 1. The van der Waals surface area contributed by atoms with Crippen molar-refractivity contribution in [2.75, 3.05) is 0 Å². The Balaban J connectivity index is 1.57. The maximum atomic E-state index is 5.26. The highest BCUT2D eigenvalue weighted by molar-refractivity contribution is 5.72. The minimum absolute atomic E-state index is 0.539. The summed E-state index contributed by atoms with van der Waals surface area (Å²) in [5.74, 6) is 0. The summed E-state index contributed by atoms with van der Waals surface area (Å²) in [5.41, 5.74) is 3.64. The summed E-state index contributed by atoms with van der Waals surface area (Å²) in [6.07, 6.45) is 6.74. The maximum Gasteiger partial charge on any atom is 0.181 e. The van der Waals surface area contributed by atoms with Crippen LogP contribution < -0.4 is 5.32 Å². The van der Waals surface area contributed by atoms with Crippen molar-refractivity contribution in [3.05, 3.63) is 30.2 Å². The Morgan fingerprint density at radius 2 is 2.11 bits per heavy atom. The van der Waals surface area contributed by atoms with Gasteiger partial charge >= 0.3 is 0 Å². The van der Waals surface area contributed by atoms with Crippen molar-refractivity contribution in [3.63, 3.8) is 0 Å². The fourth-order valence-electron chi connectivity index (χ4n) is 2.88. The first-order chi connectivity index (χ1) is 9.12. The SMILES string of the molecule is CC1(C)CCC(NCc2ccc3ocnc3c2)CC1. The molecular weight excluding hydrogens is 236 g/mol. The largest absolute Gasteiger partial charge is 0.443 e. The van der Waals surface area contributed by atoms with Crippen LogP contribution in [0, 0.1) is 5.41 Å². The smallest absolute Gasteiger partial charge is 0.181 e. The Morgan fingerprint density at radius 1 is 1.32 bits per heavy atom. The Labute approximate surface area is 114 Å². The van der Waals surface area contributed by atoms with Crippen molar-refractivity contribution < 1.29 is 4.42 Å². The van der Waals surface area contributed by atoms with E-state index in [2.05, 4.69) is 36.3 Å². The molecule has 1 aliphatic rings. The number of oxazole rings is 1. The number of fused-ring (bicyclic) bond motifs is 1. The molecule has 3 heteroatoms. The molecule has 0 saturated heterocycles. The van der Waals surface area contributed by atoms with Gasteiger partial charge < -0.3 is 9.73 Å². The fourth-order valence-corrected chi connectivity index (χ4v) is 2.88. The first kappa shape index (κ1) is 12.7. The van der Waals surface area contributed by atoms with Gasteiger partial charge in [-0.2, -0.15) is 0 Å². The van der Waals surface area contributed by atoms with E-state index < -0.39 is 0 Å². The molecule has 1 fully saturated rings. The van der Waals surface area contributed by atoms with Crippen LogP contribution in [0.25, 0.3) is 11.1 Å². The van der Waals surface area contributed by atoms with Gasteiger partial charge in [-0.05, 0) is 48.8 Å². The van der Waals surface area contributed by atoms with E-state index in [9.17, 15) is 0 Å². The summed E-state index contributed by atoms with van der Waals surface area (Å²) >= 11 is 0. The molecule has 1 saturated carbocycles. The first-order valence-electron chi connectivity index (χ1n) is 7.18. The lowest BCUT2D eigenvalue weighted by molar-refractivity contribution is 0.206. The van der Waals surface area contributed by atoms with Gasteiger partial charge in [-0.3, -0.25) is 0 Å². The van der Waals surface area contributed by atoms with Crippen LogP contribution in [0.2, 0.25) is 0 Å². The molecular formula is C16H22N2O. The fraction of sp³-hybridized carbons (Fsp3) is 0.562. The zero-order valence-electron chi connectivity index (χ0n) is 11.8. The molecule has 3 rings (SSSR count). The quantitative estimate of drug-likeness (QED) is 0.907. The van der Waals surface area contributed by atoms with Crippen molar-refractivity contribution in [2.24, 2.45) is 5.41 Å². The number of rotatable bonds is 3. The molecule has 1 N–H and O–H groups in total. The minimum atomic E-state index is 0.539. The second-order valence-electron chi connectivity index (χ2n) is 6.47. The molecule has 0 spiro atoms. The van der Waals surface area contributed by atoms with Crippen LogP contribution in [0.4, 0.5) is 0 Å². The van der Waals surface area contributed by atoms with Crippen molar-refractivity contribution in [1.29, 1.82) is 0 Å². The summed E-state index contributed by atoms with van der Waals surface area (Å²) in [6, 6.07) is 6.90. The van der Waals surface area contributed by atoms with Crippen LogP contribution in [0.3, 0.4) is 0 Å². The van der Waals surface area contributed by atoms with Crippen molar-refractivity contribution >= 4 is 11.1 Å². The molecule has 1 aromatic carbocycles. The molecule has 0 amide bonds. The third kappa shape index (κ3) is 2.98. The highest BCUT2D eigenvalue weighted by Crippen LogP contribution is 2.35. The summed E-state index contributed by atoms with van der Waals surface area (Å²) < 4.78 is 5.26. The lowest BCUT2D eigenvalue weighted by Gasteiger charge is -2.34. The third-order valence-electron chi connectivity index (χ3n) is 4.33. The van der Waals surface area contributed by atoms with Crippen LogP contribution in [0.5, 0.6) is 0 Å². The topological polar surface area (TPSA) is 38.1 Å². The second kappa shape index (κ2) is 4.97. The Kier molecular flexibility index (Phi) is 3.31. The molecule has 0 bridgehead atoms. The predicted octanol–water partition coefficient (Wildman–Crippen LogP) is 3.89. The molecule has 1 aliphatic carbocycles. The van der Waals surface area contributed by atoms with E-state index in [0.29, 0.717) is 11.5 Å². The number of nitrogens with zero attached hydrogens (tertiary/aromatic N) is 1. The van der Waals surface area contributed by atoms with Crippen molar-refractivity contribution in [2.45, 2.75) is 52.1 Å². The standard InChI is InChI=1S/C16H22N2O/c1-16(2)7-5-13(6-8-16)17-10-12-3-4-15-14(9-12)18-11-19-15/h3-4,9,11,13,17H,5-8,10H2,1-2H3. The Hall–Kier alpha value is -1.35. The number of hydrogen-bond acceptors (Lipinski definition) is 3. The van der Waals surface area contributed by atoms with Crippen LogP contribution in [0.15, 0.2) is 29.0 Å². The third-order valence-corrected chi connectivity index (χ3v) is 4.33. The highest BCUT2D eigenvalue weighted by atomic mass is 16.3. The van der Waals surface area contributed by atoms with Crippen LogP contribution in [0.1, 0.15) is 45.1 Å². The Bertz CT molecular complexity index is 549. The summed E-state index contributed by atoms with van der Waals surface area (Å²) in [5, 5.41) is 3.67.